The summed E-state index contributed by atoms with van der Waals surface area (Å²) in [5.41, 5.74) is -2.16. The van der Waals surface area contributed by atoms with Crippen molar-refractivity contribution in [2.24, 2.45) is 5.84 Å². The van der Waals surface area contributed by atoms with Crippen molar-refractivity contribution in [1.82, 2.24) is 0 Å². The average Bonchev–Trinajstić information content (AvgIpc) is 2.24. The molecular weight excluding hydrogens is 337 g/mol. The van der Waals surface area contributed by atoms with Crippen LogP contribution in [0.1, 0.15) is 5.56 Å². The molecule has 20 heavy (non-hydrogen) atoms. The van der Waals surface area contributed by atoms with Gasteiger partial charge in [0.1, 0.15) is 0 Å². The first kappa shape index (κ1) is 16.9. The molecule has 3 nitrogen and oxygen atoms in total. The molecule has 0 aliphatic rings. The van der Waals surface area contributed by atoms with Crippen molar-refractivity contribution in [3.63, 3.8) is 0 Å². The van der Waals surface area contributed by atoms with Gasteiger partial charge in [-0.05, 0) is 12.1 Å². The van der Waals surface area contributed by atoms with E-state index >= 15 is 0 Å². The van der Waals surface area contributed by atoms with Crippen LogP contribution in [0.25, 0.3) is 0 Å². The van der Waals surface area contributed by atoms with E-state index in [9.17, 15) is 31.1 Å². The number of hydrogen-bond donors (Lipinski definition) is 1. The number of anilines is 1. The van der Waals surface area contributed by atoms with Crippen molar-refractivity contribution in [2.45, 2.75) is 12.4 Å². The average molecular weight is 341 g/mol. The maximum absolute atomic E-state index is 12.4. The summed E-state index contributed by atoms with van der Waals surface area (Å²) in [7, 11) is 0. The monoisotopic (exact) mass is 340 g/mol. The van der Waals surface area contributed by atoms with Crippen molar-refractivity contribution < 1.29 is 31.1 Å². The van der Waals surface area contributed by atoms with E-state index in [2.05, 4.69) is 0 Å². The van der Waals surface area contributed by atoms with Gasteiger partial charge < -0.3 is 0 Å². The van der Waals surface area contributed by atoms with Gasteiger partial charge in [0.05, 0.1) is 21.3 Å². The van der Waals surface area contributed by atoms with Crippen LogP contribution in [0.15, 0.2) is 12.1 Å². The summed E-state index contributed by atoms with van der Waals surface area (Å²) in [4.78, 5) is 10.9. The predicted molar refractivity (Wildman–Crippen MR) is 59.2 cm³/mol. The molecule has 1 amide bonds. The Labute approximate surface area is 117 Å². The molecule has 11 heteroatoms. The van der Waals surface area contributed by atoms with E-state index in [0.29, 0.717) is 12.1 Å². The fourth-order valence-corrected chi connectivity index (χ4v) is 1.87. The number of amides is 1. The minimum atomic E-state index is -5.33. The zero-order valence-electron chi connectivity index (χ0n) is 9.11. The molecule has 1 aromatic carbocycles. The molecule has 0 fully saturated rings. The molecule has 0 unspecified atom stereocenters. The van der Waals surface area contributed by atoms with Crippen LogP contribution in [0.4, 0.5) is 32.0 Å². The van der Waals surface area contributed by atoms with Crippen molar-refractivity contribution in [3.05, 3.63) is 27.7 Å². The number of halogens is 8. The SMILES string of the molecule is NN(C(=O)C(F)(F)F)c1c(Cl)cc(C(F)(F)F)cc1Cl. The van der Waals surface area contributed by atoms with E-state index in [4.69, 9.17) is 29.0 Å². The highest BCUT2D eigenvalue weighted by atomic mass is 35.5. The summed E-state index contributed by atoms with van der Waals surface area (Å²) in [5.74, 6) is 2.37. The second-order valence-electron chi connectivity index (χ2n) is 3.46. The maximum Gasteiger partial charge on any atom is 0.473 e. The highest BCUT2D eigenvalue weighted by Gasteiger charge is 2.43. The Bertz CT molecular complexity index is 519. The van der Waals surface area contributed by atoms with Gasteiger partial charge in [0.2, 0.25) is 0 Å². The lowest BCUT2D eigenvalue weighted by Crippen LogP contribution is -2.46. The number of hydrazine groups is 1. The topological polar surface area (TPSA) is 46.3 Å². The number of nitrogens with two attached hydrogens (primary N) is 1. The van der Waals surface area contributed by atoms with Crippen LogP contribution in [0.5, 0.6) is 0 Å². The van der Waals surface area contributed by atoms with E-state index in [1.807, 2.05) is 0 Å². The molecule has 0 saturated heterocycles. The van der Waals surface area contributed by atoms with Crippen molar-refractivity contribution in [1.29, 1.82) is 0 Å². The lowest BCUT2D eigenvalue weighted by atomic mass is 10.2. The van der Waals surface area contributed by atoms with Gasteiger partial charge in [-0.25, -0.2) is 10.9 Å². The number of hydrogen-bond acceptors (Lipinski definition) is 2. The summed E-state index contributed by atoms with van der Waals surface area (Å²) in [6.07, 6.45) is -10.1. The first-order chi connectivity index (χ1) is 8.85. The number of benzene rings is 1. The smallest absolute Gasteiger partial charge is 0.262 e. The van der Waals surface area contributed by atoms with Crippen LogP contribution in [0.2, 0.25) is 10.0 Å². The van der Waals surface area contributed by atoms with Crippen LogP contribution < -0.4 is 10.9 Å². The van der Waals surface area contributed by atoms with Gasteiger partial charge in [-0.15, -0.1) is 0 Å². The summed E-state index contributed by atoms with van der Waals surface area (Å²) in [6, 6.07) is 0.624. The summed E-state index contributed by atoms with van der Waals surface area (Å²) in [5, 5.41) is -2.14. The number of alkyl halides is 6. The third-order valence-electron chi connectivity index (χ3n) is 2.05. The van der Waals surface area contributed by atoms with Crippen molar-refractivity contribution >= 4 is 34.8 Å². The Kier molecular flexibility index (Phi) is 4.47. The lowest BCUT2D eigenvalue weighted by Gasteiger charge is -2.21. The van der Waals surface area contributed by atoms with E-state index in [1.165, 1.54) is 0 Å². The lowest BCUT2D eigenvalue weighted by molar-refractivity contribution is -0.170. The number of nitrogens with zero attached hydrogens (tertiary/aromatic N) is 1. The van der Waals surface area contributed by atoms with E-state index in [0.717, 1.165) is 0 Å². The van der Waals surface area contributed by atoms with Gasteiger partial charge in [0.25, 0.3) is 0 Å². The predicted octanol–water partition coefficient (Wildman–Crippen LogP) is 3.78. The summed E-state index contributed by atoms with van der Waals surface area (Å²) in [6.45, 7) is 0. The second-order valence-corrected chi connectivity index (χ2v) is 4.27. The number of rotatable bonds is 1. The van der Waals surface area contributed by atoms with Crippen LogP contribution >= 0.6 is 23.2 Å². The highest BCUT2D eigenvalue weighted by Crippen LogP contribution is 2.40. The van der Waals surface area contributed by atoms with Crippen LogP contribution in [-0.2, 0) is 11.0 Å². The molecule has 0 bridgehead atoms. The molecule has 0 spiro atoms. The Morgan fingerprint density at radius 3 is 1.75 bits per heavy atom. The molecular formula is C9H4Cl2F6N2O. The van der Waals surface area contributed by atoms with E-state index in [-0.39, 0.29) is 0 Å². The Morgan fingerprint density at radius 1 is 1.05 bits per heavy atom. The number of carbonyl (C=O) groups excluding carboxylic acids is 1. The van der Waals surface area contributed by atoms with Gasteiger partial charge in [0, 0.05) is 0 Å². The molecule has 0 aliphatic carbocycles. The van der Waals surface area contributed by atoms with Gasteiger partial charge in [-0.3, -0.25) is 4.79 Å². The molecule has 0 aromatic heterocycles. The normalized spacial score (nSPS) is 12.4. The molecule has 0 atom stereocenters. The van der Waals surface area contributed by atoms with Crippen molar-refractivity contribution in [3.8, 4) is 0 Å². The van der Waals surface area contributed by atoms with Gasteiger partial charge in [-0.2, -0.15) is 26.3 Å². The van der Waals surface area contributed by atoms with Gasteiger partial charge in [-0.1, -0.05) is 23.2 Å². The molecule has 2 N–H and O–H groups in total. The van der Waals surface area contributed by atoms with Crippen LogP contribution in [-0.4, -0.2) is 12.1 Å². The van der Waals surface area contributed by atoms with E-state index < -0.39 is 44.6 Å². The Balaban J connectivity index is 3.32. The fourth-order valence-electron chi connectivity index (χ4n) is 1.20. The Morgan fingerprint density at radius 2 is 1.45 bits per heavy atom. The zero-order valence-corrected chi connectivity index (χ0v) is 10.6. The van der Waals surface area contributed by atoms with Crippen LogP contribution in [0.3, 0.4) is 0 Å². The first-order valence-electron chi connectivity index (χ1n) is 4.58. The molecule has 0 radical (unpaired) electrons. The maximum atomic E-state index is 12.4. The highest BCUT2D eigenvalue weighted by molar-refractivity contribution is 6.40. The quantitative estimate of drug-likeness (QED) is 0.366. The second kappa shape index (κ2) is 5.30. The third kappa shape index (κ3) is 3.47. The molecule has 0 heterocycles. The molecule has 112 valence electrons. The van der Waals surface area contributed by atoms with Crippen molar-refractivity contribution in [2.75, 3.05) is 5.01 Å². The molecule has 1 rings (SSSR count). The Hall–Kier alpha value is -1.19. The third-order valence-corrected chi connectivity index (χ3v) is 2.62. The fraction of sp³-hybridized carbons (Fsp3) is 0.222. The van der Waals surface area contributed by atoms with E-state index in [1.54, 1.807) is 0 Å². The van der Waals surface area contributed by atoms with Gasteiger partial charge in [0.15, 0.2) is 0 Å². The summed E-state index contributed by atoms with van der Waals surface area (Å²) >= 11 is 10.8. The summed E-state index contributed by atoms with van der Waals surface area (Å²) < 4.78 is 73.8. The van der Waals surface area contributed by atoms with Gasteiger partial charge >= 0.3 is 18.3 Å². The standard InChI is InChI=1S/C9H4Cl2F6N2O/c10-4-1-3(8(12,13)14)2-5(11)6(4)19(18)7(20)9(15,16)17/h1-2H,18H2. The molecule has 0 saturated carbocycles. The number of carbonyl (C=O) groups is 1. The minimum absolute atomic E-state index is 0.312. The van der Waals surface area contributed by atoms with Crippen LogP contribution in [0, 0.1) is 0 Å². The minimum Gasteiger partial charge on any atom is -0.262 e. The first-order valence-corrected chi connectivity index (χ1v) is 5.33. The largest absolute Gasteiger partial charge is 0.473 e. The molecule has 0 aliphatic heterocycles. The zero-order chi connectivity index (χ0) is 15.9. The molecule has 1 aromatic rings.